The van der Waals surface area contributed by atoms with Gasteiger partial charge in [0.15, 0.2) is 12.9 Å². The summed E-state index contributed by atoms with van der Waals surface area (Å²) in [6.45, 7) is 5.81. The molecule has 0 aromatic heterocycles. The Morgan fingerprint density at radius 3 is 2.54 bits per heavy atom. The van der Waals surface area contributed by atoms with Crippen LogP contribution in [-0.2, 0) is 10.2 Å². The van der Waals surface area contributed by atoms with Crippen LogP contribution in [0.2, 0.25) is 0 Å². The number of anilines is 1. The third-order valence-electron chi connectivity index (χ3n) is 3.70. The fraction of sp³-hybridized carbons (Fsp3) is 0.263. The van der Waals surface area contributed by atoms with Gasteiger partial charge in [-0.15, -0.1) is 0 Å². The summed E-state index contributed by atoms with van der Waals surface area (Å²) in [5.74, 6) is -0.276. The number of nitrogens with zero attached hydrogens (tertiary/aromatic N) is 1. The molecule has 136 valence electrons. The van der Waals surface area contributed by atoms with Crippen LogP contribution in [0.1, 0.15) is 36.7 Å². The Labute approximate surface area is 151 Å². The molecular weight excluding hydrogens is 336 g/mol. The number of non-ortho nitro benzene ring substituents is 1. The summed E-state index contributed by atoms with van der Waals surface area (Å²) in [4.78, 5) is 33.4. The number of carbonyl (C=O) groups is 2. The first-order valence-corrected chi connectivity index (χ1v) is 7.98. The highest BCUT2D eigenvalue weighted by molar-refractivity contribution is 5.93. The first-order chi connectivity index (χ1) is 12.2. The van der Waals surface area contributed by atoms with Gasteiger partial charge < -0.3 is 10.1 Å². The largest absolute Gasteiger partial charge is 0.483 e. The van der Waals surface area contributed by atoms with Gasteiger partial charge in [0.25, 0.3) is 11.6 Å². The van der Waals surface area contributed by atoms with E-state index < -0.39 is 10.8 Å². The molecule has 0 fully saturated rings. The lowest BCUT2D eigenvalue weighted by Gasteiger charge is -2.23. The highest BCUT2D eigenvalue weighted by atomic mass is 16.6. The van der Waals surface area contributed by atoms with Gasteiger partial charge >= 0.3 is 0 Å². The molecule has 0 unspecified atom stereocenters. The summed E-state index contributed by atoms with van der Waals surface area (Å²) in [6, 6.07) is 11.1. The van der Waals surface area contributed by atoms with Gasteiger partial charge in [-0.3, -0.25) is 19.7 Å². The maximum atomic E-state index is 12.2. The Morgan fingerprint density at radius 1 is 1.23 bits per heavy atom. The van der Waals surface area contributed by atoms with Crippen molar-refractivity contribution in [2.75, 3.05) is 11.9 Å². The number of benzene rings is 2. The molecule has 0 saturated carbocycles. The van der Waals surface area contributed by atoms with E-state index in [0.717, 1.165) is 11.6 Å². The van der Waals surface area contributed by atoms with Gasteiger partial charge in [-0.1, -0.05) is 39.0 Å². The molecule has 0 aliphatic carbocycles. The van der Waals surface area contributed by atoms with Crippen LogP contribution in [0.25, 0.3) is 0 Å². The summed E-state index contributed by atoms with van der Waals surface area (Å²) < 4.78 is 5.36. The van der Waals surface area contributed by atoms with Crippen molar-refractivity contribution >= 4 is 23.6 Å². The zero-order valence-corrected chi connectivity index (χ0v) is 14.8. The third kappa shape index (κ3) is 4.66. The lowest BCUT2D eigenvalue weighted by atomic mass is 9.86. The van der Waals surface area contributed by atoms with E-state index in [-0.39, 0.29) is 29.0 Å². The topological polar surface area (TPSA) is 98.5 Å². The van der Waals surface area contributed by atoms with Crippen molar-refractivity contribution in [3.8, 4) is 5.75 Å². The van der Waals surface area contributed by atoms with E-state index in [1.807, 2.05) is 39.0 Å². The van der Waals surface area contributed by atoms with Crippen LogP contribution in [0.15, 0.2) is 42.5 Å². The lowest BCUT2D eigenvalue weighted by Crippen LogP contribution is -2.23. The molecule has 0 heterocycles. The minimum atomic E-state index is -0.604. The number of amides is 1. The summed E-state index contributed by atoms with van der Waals surface area (Å²) in [5, 5.41) is 13.5. The van der Waals surface area contributed by atoms with Crippen molar-refractivity contribution in [1.82, 2.24) is 0 Å². The highest BCUT2D eigenvalue weighted by Crippen LogP contribution is 2.29. The molecule has 0 atom stereocenters. The maximum absolute atomic E-state index is 12.2. The maximum Gasteiger partial charge on any atom is 0.270 e. The van der Waals surface area contributed by atoms with Crippen LogP contribution in [0, 0.1) is 10.1 Å². The Hall–Kier alpha value is -3.22. The van der Waals surface area contributed by atoms with Gasteiger partial charge in [-0.05, 0) is 23.1 Å². The average molecular weight is 356 g/mol. The van der Waals surface area contributed by atoms with Crippen LogP contribution < -0.4 is 10.1 Å². The molecule has 7 nitrogen and oxygen atoms in total. The first-order valence-electron chi connectivity index (χ1n) is 7.98. The monoisotopic (exact) mass is 356 g/mol. The highest BCUT2D eigenvalue weighted by Gasteiger charge is 2.19. The molecular formula is C19H20N2O5. The standard InChI is InChI=1S/C19H20N2O5/c1-19(2,3)15-6-4-5-7-16(15)20-18(23)12-26-17-9-8-14(21(24)25)10-13(17)11-22/h4-11H,12H2,1-3H3,(H,20,23). The number of nitro benzene ring substituents is 1. The number of hydrogen-bond donors (Lipinski definition) is 1. The van der Waals surface area contributed by atoms with E-state index in [0.29, 0.717) is 12.0 Å². The molecule has 2 rings (SSSR count). The first kappa shape index (κ1) is 19.1. The van der Waals surface area contributed by atoms with E-state index in [4.69, 9.17) is 4.74 Å². The smallest absolute Gasteiger partial charge is 0.270 e. The normalized spacial score (nSPS) is 10.9. The molecule has 26 heavy (non-hydrogen) atoms. The van der Waals surface area contributed by atoms with Gasteiger partial charge in [0.05, 0.1) is 10.5 Å². The number of rotatable bonds is 6. The zero-order valence-electron chi connectivity index (χ0n) is 14.8. The number of nitrogens with one attached hydrogen (secondary N) is 1. The number of para-hydroxylation sites is 1. The number of nitro groups is 1. The van der Waals surface area contributed by atoms with Crippen molar-refractivity contribution in [2.45, 2.75) is 26.2 Å². The molecule has 2 aromatic rings. The van der Waals surface area contributed by atoms with E-state index in [1.165, 1.54) is 12.1 Å². The minimum Gasteiger partial charge on any atom is -0.483 e. The van der Waals surface area contributed by atoms with Crippen LogP contribution in [-0.4, -0.2) is 23.7 Å². The summed E-state index contributed by atoms with van der Waals surface area (Å²) >= 11 is 0. The van der Waals surface area contributed by atoms with E-state index in [1.54, 1.807) is 6.07 Å². The van der Waals surface area contributed by atoms with Gasteiger partial charge in [0.1, 0.15) is 5.75 Å². The molecule has 0 saturated heterocycles. The van der Waals surface area contributed by atoms with E-state index in [9.17, 15) is 19.7 Å². The van der Waals surface area contributed by atoms with Crippen LogP contribution in [0.4, 0.5) is 11.4 Å². The van der Waals surface area contributed by atoms with Crippen LogP contribution in [0.5, 0.6) is 5.75 Å². The van der Waals surface area contributed by atoms with Crippen LogP contribution >= 0.6 is 0 Å². The SMILES string of the molecule is CC(C)(C)c1ccccc1NC(=O)COc1ccc([N+](=O)[O-])cc1C=O. The van der Waals surface area contributed by atoms with Gasteiger partial charge in [-0.2, -0.15) is 0 Å². The van der Waals surface area contributed by atoms with Crippen molar-refractivity contribution in [1.29, 1.82) is 0 Å². The minimum absolute atomic E-state index is 0.0158. The predicted molar refractivity (Wildman–Crippen MR) is 97.8 cm³/mol. The van der Waals surface area contributed by atoms with Crippen LogP contribution in [0.3, 0.4) is 0 Å². The van der Waals surface area contributed by atoms with Crippen molar-refractivity contribution < 1.29 is 19.2 Å². The molecule has 0 aliphatic rings. The fourth-order valence-electron chi connectivity index (χ4n) is 2.45. The molecule has 0 spiro atoms. The predicted octanol–water partition coefficient (Wildman–Crippen LogP) is 3.72. The van der Waals surface area contributed by atoms with E-state index in [2.05, 4.69) is 5.32 Å². The summed E-state index contributed by atoms with van der Waals surface area (Å²) in [5.41, 5.74) is 1.32. The number of carbonyl (C=O) groups excluding carboxylic acids is 2. The second kappa shape index (κ2) is 7.77. The molecule has 1 amide bonds. The second-order valence-electron chi connectivity index (χ2n) is 6.73. The van der Waals surface area contributed by atoms with Crippen molar-refractivity contribution in [3.63, 3.8) is 0 Å². The third-order valence-corrected chi connectivity index (χ3v) is 3.70. The summed E-state index contributed by atoms with van der Waals surface area (Å²) in [7, 11) is 0. The lowest BCUT2D eigenvalue weighted by molar-refractivity contribution is -0.384. The molecule has 0 aliphatic heterocycles. The Balaban J connectivity index is 2.09. The fourth-order valence-corrected chi connectivity index (χ4v) is 2.45. The zero-order chi connectivity index (χ0) is 19.3. The van der Waals surface area contributed by atoms with Gasteiger partial charge in [0, 0.05) is 17.8 Å². The molecule has 0 bridgehead atoms. The van der Waals surface area contributed by atoms with Crippen molar-refractivity contribution in [2.24, 2.45) is 0 Å². The quantitative estimate of drug-likeness (QED) is 0.483. The van der Waals surface area contributed by atoms with E-state index >= 15 is 0 Å². The molecule has 1 N–H and O–H groups in total. The van der Waals surface area contributed by atoms with Gasteiger partial charge in [-0.25, -0.2) is 0 Å². The molecule has 2 aromatic carbocycles. The van der Waals surface area contributed by atoms with Crippen molar-refractivity contribution in [3.05, 3.63) is 63.7 Å². The number of ether oxygens (including phenoxy) is 1. The Morgan fingerprint density at radius 2 is 1.92 bits per heavy atom. The Kier molecular flexibility index (Phi) is 5.71. The van der Waals surface area contributed by atoms with Gasteiger partial charge in [0.2, 0.25) is 0 Å². The average Bonchev–Trinajstić information content (AvgIpc) is 2.59. The molecule has 0 radical (unpaired) electrons. The summed E-state index contributed by atoms with van der Waals surface area (Å²) in [6.07, 6.45) is 0.454. The number of aldehydes is 1. The second-order valence-corrected chi connectivity index (χ2v) is 6.73. The molecule has 7 heteroatoms. The number of hydrogen-bond acceptors (Lipinski definition) is 5. The Bertz CT molecular complexity index is 840.